The largest absolute Gasteiger partial charge is 0.356 e. The summed E-state index contributed by atoms with van der Waals surface area (Å²) in [7, 11) is 1.76. The summed E-state index contributed by atoms with van der Waals surface area (Å²) in [6.07, 6.45) is 2.90. The molecular formula is C14H22FN3. The van der Waals surface area contributed by atoms with Crippen LogP contribution in [-0.2, 0) is 6.42 Å². The molecule has 0 radical (unpaired) electrons. The first-order valence-corrected chi connectivity index (χ1v) is 6.45. The molecule has 0 aromatic heterocycles. The Kier molecular flexibility index (Phi) is 6.84. The van der Waals surface area contributed by atoms with Crippen molar-refractivity contribution in [2.45, 2.75) is 26.2 Å². The van der Waals surface area contributed by atoms with Gasteiger partial charge in [-0.05, 0) is 37.0 Å². The normalized spacial score (nSPS) is 11.4. The SMILES string of the molecule is CCCNC(=NC)NCCCc1cccc(F)c1. The molecule has 0 saturated carbocycles. The second-order valence-electron chi connectivity index (χ2n) is 4.16. The van der Waals surface area contributed by atoms with Crippen molar-refractivity contribution in [3.8, 4) is 0 Å². The van der Waals surface area contributed by atoms with E-state index in [-0.39, 0.29) is 5.82 Å². The molecule has 0 heterocycles. The van der Waals surface area contributed by atoms with E-state index in [9.17, 15) is 4.39 Å². The third-order valence-electron chi connectivity index (χ3n) is 2.59. The maximum Gasteiger partial charge on any atom is 0.190 e. The van der Waals surface area contributed by atoms with Gasteiger partial charge in [0.05, 0.1) is 0 Å². The Morgan fingerprint density at radius 1 is 1.28 bits per heavy atom. The molecule has 1 aromatic rings. The summed E-state index contributed by atoms with van der Waals surface area (Å²) in [5.41, 5.74) is 1.04. The topological polar surface area (TPSA) is 36.4 Å². The number of nitrogens with zero attached hydrogens (tertiary/aromatic N) is 1. The van der Waals surface area contributed by atoms with Crippen molar-refractivity contribution >= 4 is 5.96 Å². The van der Waals surface area contributed by atoms with Crippen molar-refractivity contribution in [2.75, 3.05) is 20.1 Å². The number of nitrogens with one attached hydrogen (secondary N) is 2. The Morgan fingerprint density at radius 2 is 2.06 bits per heavy atom. The summed E-state index contributed by atoms with van der Waals surface area (Å²) in [6.45, 7) is 3.87. The van der Waals surface area contributed by atoms with Crippen LogP contribution in [0, 0.1) is 5.82 Å². The molecule has 0 aliphatic heterocycles. The van der Waals surface area contributed by atoms with E-state index in [4.69, 9.17) is 0 Å². The standard InChI is InChI=1S/C14H22FN3/c1-3-9-17-14(16-2)18-10-5-7-12-6-4-8-13(15)11-12/h4,6,8,11H,3,5,7,9-10H2,1-2H3,(H2,16,17,18). The Balaban J connectivity index is 2.22. The summed E-state index contributed by atoms with van der Waals surface area (Å²) in [5.74, 6) is 0.664. The molecule has 0 spiro atoms. The molecule has 0 aliphatic rings. The summed E-state index contributed by atoms with van der Waals surface area (Å²) in [4.78, 5) is 4.12. The van der Waals surface area contributed by atoms with Crippen LogP contribution in [0.25, 0.3) is 0 Å². The van der Waals surface area contributed by atoms with Gasteiger partial charge in [-0.3, -0.25) is 4.99 Å². The van der Waals surface area contributed by atoms with Gasteiger partial charge in [0.25, 0.3) is 0 Å². The zero-order valence-corrected chi connectivity index (χ0v) is 11.2. The van der Waals surface area contributed by atoms with Crippen molar-refractivity contribution in [3.05, 3.63) is 35.6 Å². The number of hydrogen-bond acceptors (Lipinski definition) is 1. The summed E-state index contributed by atoms with van der Waals surface area (Å²) >= 11 is 0. The average Bonchev–Trinajstić information content (AvgIpc) is 2.38. The highest BCUT2D eigenvalue weighted by atomic mass is 19.1. The fourth-order valence-electron chi connectivity index (χ4n) is 1.66. The van der Waals surface area contributed by atoms with Crippen molar-refractivity contribution in [3.63, 3.8) is 0 Å². The van der Waals surface area contributed by atoms with E-state index < -0.39 is 0 Å². The van der Waals surface area contributed by atoms with Crippen LogP contribution in [0.1, 0.15) is 25.3 Å². The average molecular weight is 251 g/mol. The maximum atomic E-state index is 13.0. The van der Waals surface area contributed by atoms with Crippen molar-refractivity contribution < 1.29 is 4.39 Å². The highest BCUT2D eigenvalue weighted by molar-refractivity contribution is 5.79. The van der Waals surface area contributed by atoms with Crippen molar-refractivity contribution in [2.24, 2.45) is 4.99 Å². The van der Waals surface area contributed by atoms with Gasteiger partial charge >= 0.3 is 0 Å². The lowest BCUT2D eigenvalue weighted by atomic mass is 10.1. The first-order valence-electron chi connectivity index (χ1n) is 6.45. The zero-order valence-electron chi connectivity index (χ0n) is 11.2. The molecule has 1 aromatic carbocycles. The van der Waals surface area contributed by atoms with Gasteiger partial charge < -0.3 is 10.6 Å². The van der Waals surface area contributed by atoms with Crippen molar-refractivity contribution in [1.82, 2.24) is 10.6 Å². The van der Waals surface area contributed by atoms with Gasteiger partial charge in [0.15, 0.2) is 5.96 Å². The predicted octanol–water partition coefficient (Wildman–Crippen LogP) is 2.33. The molecule has 2 N–H and O–H groups in total. The van der Waals surface area contributed by atoms with Crippen LogP contribution >= 0.6 is 0 Å². The lowest BCUT2D eigenvalue weighted by Gasteiger charge is -2.10. The molecule has 0 saturated heterocycles. The van der Waals surface area contributed by atoms with Crippen LogP contribution in [0.15, 0.2) is 29.3 Å². The maximum absolute atomic E-state index is 13.0. The van der Waals surface area contributed by atoms with Crippen LogP contribution < -0.4 is 10.6 Å². The summed E-state index contributed by atoms with van der Waals surface area (Å²) in [6, 6.07) is 6.76. The molecule has 4 heteroatoms. The van der Waals surface area contributed by atoms with E-state index in [0.29, 0.717) is 0 Å². The van der Waals surface area contributed by atoms with Gasteiger partial charge in [0, 0.05) is 20.1 Å². The predicted molar refractivity (Wildman–Crippen MR) is 74.4 cm³/mol. The van der Waals surface area contributed by atoms with Gasteiger partial charge in [-0.25, -0.2) is 4.39 Å². The summed E-state index contributed by atoms with van der Waals surface area (Å²) < 4.78 is 13.0. The van der Waals surface area contributed by atoms with Crippen LogP contribution in [0.3, 0.4) is 0 Å². The Bertz CT molecular complexity index is 377. The minimum absolute atomic E-state index is 0.166. The quantitative estimate of drug-likeness (QED) is 0.462. The van der Waals surface area contributed by atoms with Gasteiger partial charge in [0.1, 0.15) is 5.82 Å². The number of aliphatic imine (C=N–C) groups is 1. The second kappa shape index (κ2) is 8.50. The number of benzene rings is 1. The molecule has 0 fully saturated rings. The van der Waals surface area contributed by atoms with Crippen LogP contribution in [0.4, 0.5) is 4.39 Å². The molecule has 0 bridgehead atoms. The number of halogens is 1. The molecule has 0 atom stereocenters. The lowest BCUT2D eigenvalue weighted by Crippen LogP contribution is -2.38. The number of hydrogen-bond donors (Lipinski definition) is 2. The minimum atomic E-state index is -0.166. The molecule has 18 heavy (non-hydrogen) atoms. The minimum Gasteiger partial charge on any atom is -0.356 e. The first-order chi connectivity index (χ1) is 8.76. The fourth-order valence-corrected chi connectivity index (χ4v) is 1.66. The highest BCUT2D eigenvalue weighted by Gasteiger charge is 1.97. The lowest BCUT2D eigenvalue weighted by molar-refractivity contribution is 0.624. The molecule has 0 amide bonds. The molecule has 1 rings (SSSR count). The van der Waals surface area contributed by atoms with E-state index in [1.165, 1.54) is 6.07 Å². The number of rotatable bonds is 6. The van der Waals surface area contributed by atoms with Crippen LogP contribution in [0.5, 0.6) is 0 Å². The number of aryl methyl sites for hydroxylation is 1. The number of guanidine groups is 1. The smallest absolute Gasteiger partial charge is 0.190 e. The molecule has 0 unspecified atom stereocenters. The molecule has 100 valence electrons. The van der Waals surface area contributed by atoms with E-state index >= 15 is 0 Å². The molecule has 0 aliphatic carbocycles. The van der Waals surface area contributed by atoms with Crippen molar-refractivity contribution in [1.29, 1.82) is 0 Å². The fraction of sp³-hybridized carbons (Fsp3) is 0.500. The van der Waals surface area contributed by atoms with Crippen LogP contribution in [-0.4, -0.2) is 26.1 Å². The van der Waals surface area contributed by atoms with E-state index in [1.807, 2.05) is 6.07 Å². The van der Waals surface area contributed by atoms with Crippen LogP contribution in [0.2, 0.25) is 0 Å². The van der Waals surface area contributed by atoms with Gasteiger partial charge in [0.2, 0.25) is 0 Å². The molecular weight excluding hydrogens is 229 g/mol. The monoisotopic (exact) mass is 251 g/mol. The van der Waals surface area contributed by atoms with E-state index in [1.54, 1.807) is 19.2 Å². The third-order valence-corrected chi connectivity index (χ3v) is 2.59. The summed E-state index contributed by atoms with van der Waals surface area (Å²) in [5, 5.41) is 6.44. The second-order valence-corrected chi connectivity index (χ2v) is 4.16. The Morgan fingerprint density at radius 3 is 2.72 bits per heavy atom. The van der Waals surface area contributed by atoms with Gasteiger partial charge in [-0.15, -0.1) is 0 Å². The first kappa shape index (κ1) is 14.5. The van der Waals surface area contributed by atoms with Gasteiger partial charge in [-0.2, -0.15) is 0 Å². The highest BCUT2D eigenvalue weighted by Crippen LogP contribution is 2.05. The third kappa shape index (κ3) is 5.66. The Labute approximate surface area is 109 Å². The Hall–Kier alpha value is -1.58. The zero-order chi connectivity index (χ0) is 13.2. The van der Waals surface area contributed by atoms with E-state index in [2.05, 4.69) is 22.5 Å². The van der Waals surface area contributed by atoms with Gasteiger partial charge in [-0.1, -0.05) is 19.1 Å². The van der Waals surface area contributed by atoms with E-state index in [0.717, 1.165) is 43.9 Å². The molecule has 3 nitrogen and oxygen atoms in total.